The molecule has 7 aromatic rings. The molecule has 0 bridgehead atoms. The number of rotatable bonds is 3. The maximum atomic E-state index is 4.57. The minimum Gasteiger partial charge on any atom is -0.309 e. The molecule has 41 heavy (non-hydrogen) atoms. The smallest absolute Gasteiger partial charge is 0.0582 e. The molecular formula is C38H27IrN2-. The minimum absolute atomic E-state index is 0. The van der Waals surface area contributed by atoms with Gasteiger partial charge in [0.15, 0.2) is 0 Å². The quantitative estimate of drug-likeness (QED) is 0.168. The number of hydrogen-bond acceptors (Lipinski definition) is 1. The van der Waals surface area contributed by atoms with Crippen molar-refractivity contribution in [3.63, 3.8) is 0 Å². The Morgan fingerprint density at radius 2 is 1.39 bits per heavy atom. The summed E-state index contributed by atoms with van der Waals surface area (Å²) >= 11 is 0. The molecule has 0 saturated heterocycles. The van der Waals surface area contributed by atoms with E-state index in [1.165, 1.54) is 60.9 Å². The molecule has 0 atom stereocenters. The molecule has 0 aliphatic carbocycles. The molecule has 199 valence electrons. The average molecular weight is 704 g/mol. The van der Waals surface area contributed by atoms with Crippen molar-refractivity contribution in [2.24, 2.45) is 0 Å². The predicted molar refractivity (Wildman–Crippen MR) is 166 cm³/mol. The maximum Gasteiger partial charge on any atom is 0.0582 e. The van der Waals surface area contributed by atoms with Crippen LogP contribution in [0.1, 0.15) is 25.0 Å². The fraction of sp³-hybridized carbons (Fsp3) is 0.0789. The Bertz CT molecular complexity index is 2070. The molecule has 8 rings (SSSR count). The second-order valence-electron chi connectivity index (χ2n) is 11.2. The van der Waals surface area contributed by atoms with E-state index in [-0.39, 0.29) is 25.5 Å². The van der Waals surface area contributed by atoms with Crippen molar-refractivity contribution < 1.29 is 20.1 Å². The SMILES string of the molecule is CC1(C)c2ccccc2-n2c3ccc(-c4ccccc4)cc3c3cc(-c4cc[c-]c(-c5ccccn5)c4)cc1c32.[Ir]. The summed E-state index contributed by atoms with van der Waals surface area (Å²) in [6.07, 6.45) is 1.84. The molecule has 1 radical (unpaired) electrons. The molecule has 3 heteroatoms. The zero-order valence-electron chi connectivity index (χ0n) is 22.9. The zero-order valence-corrected chi connectivity index (χ0v) is 25.2. The molecule has 1 aliphatic heterocycles. The third-order valence-electron chi connectivity index (χ3n) is 8.54. The molecule has 1 aliphatic rings. The molecule has 0 fully saturated rings. The first-order valence-electron chi connectivity index (χ1n) is 13.8. The number of aromatic nitrogens is 2. The Morgan fingerprint density at radius 1 is 0.634 bits per heavy atom. The van der Waals surface area contributed by atoms with Crippen LogP contribution in [0.2, 0.25) is 0 Å². The van der Waals surface area contributed by atoms with E-state index < -0.39 is 0 Å². The fourth-order valence-corrected chi connectivity index (χ4v) is 6.51. The first kappa shape index (κ1) is 25.7. The summed E-state index contributed by atoms with van der Waals surface area (Å²) < 4.78 is 2.48. The van der Waals surface area contributed by atoms with Gasteiger partial charge in [0.2, 0.25) is 0 Å². The Labute approximate surface area is 253 Å². The molecule has 0 N–H and O–H groups in total. The number of para-hydroxylation sites is 1. The maximum absolute atomic E-state index is 4.57. The number of benzene rings is 5. The molecule has 0 spiro atoms. The van der Waals surface area contributed by atoms with Crippen LogP contribution in [0.3, 0.4) is 0 Å². The van der Waals surface area contributed by atoms with Gasteiger partial charge in [-0.1, -0.05) is 80.6 Å². The van der Waals surface area contributed by atoms with E-state index in [0.717, 1.165) is 11.3 Å². The first-order chi connectivity index (χ1) is 19.6. The van der Waals surface area contributed by atoms with Crippen LogP contribution < -0.4 is 0 Å². The Kier molecular flexibility index (Phi) is 6.05. The minimum atomic E-state index is -0.151. The molecular weight excluding hydrogens is 677 g/mol. The van der Waals surface area contributed by atoms with Crippen LogP contribution in [0.4, 0.5) is 0 Å². The van der Waals surface area contributed by atoms with Gasteiger partial charge < -0.3 is 9.55 Å². The van der Waals surface area contributed by atoms with Crippen molar-refractivity contribution in [3.05, 3.63) is 145 Å². The number of pyridine rings is 1. The van der Waals surface area contributed by atoms with E-state index in [2.05, 4.69) is 127 Å². The number of nitrogens with zero attached hydrogens (tertiary/aromatic N) is 2. The van der Waals surface area contributed by atoms with Crippen molar-refractivity contribution in [2.45, 2.75) is 19.3 Å². The Morgan fingerprint density at radius 3 is 2.22 bits per heavy atom. The fourth-order valence-electron chi connectivity index (χ4n) is 6.51. The Balaban J connectivity index is 0.00000276. The van der Waals surface area contributed by atoms with Crippen molar-refractivity contribution in [1.82, 2.24) is 9.55 Å². The Hall–Kier alpha value is -4.30. The summed E-state index contributed by atoms with van der Waals surface area (Å²) in [4.78, 5) is 4.57. The monoisotopic (exact) mass is 704 g/mol. The van der Waals surface area contributed by atoms with Gasteiger partial charge in [-0.15, -0.1) is 35.4 Å². The molecule has 0 unspecified atom stereocenters. The summed E-state index contributed by atoms with van der Waals surface area (Å²) in [6, 6.07) is 47.1. The van der Waals surface area contributed by atoms with E-state index in [0.29, 0.717) is 0 Å². The predicted octanol–water partition coefficient (Wildman–Crippen LogP) is 9.62. The average Bonchev–Trinajstić information content (AvgIpc) is 3.34. The number of fused-ring (bicyclic) bond motifs is 5. The standard InChI is InChI=1S/C38H27N2.Ir/c1-38(2)32-15-6-7-17-36(32)40-35-19-18-27(25-11-4-3-5-12-25)22-30(35)31-23-29(24-33(38)37(31)40)26-13-10-14-28(21-26)34-16-8-9-20-39-34;/h3-13,15-24H,1-2H3;/q-1;. The zero-order chi connectivity index (χ0) is 26.8. The van der Waals surface area contributed by atoms with Gasteiger partial charge in [-0.3, -0.25) is 0 Å². The van der Waals surface area contributed by atoms with E-state index in [1.807, 2.05) is 30.5 Å². The summed E-state index contributed by atoms with van der Waals surface area (Å²) in [7, 11) is 0. The van der Waals surface area contributed by atoms with Crippen LogP contribution in [-0.2, 0) is 25.5 Å². The molecule has 2 nitrogen and oxygen atoms in total. The topological polar surface area (TPSA) is 17.8 Å². The van der Waals surface area contributed by atoms with E-state index in [1.54, 1.807) is 0 Å². The first-order valence-corrected chi connectivity index (χ1v) is 13.8. The summed E-state index contributed by atoms with van der Waals surface area (Å²) in [6.45, 7) is 4.72. The van der Waals surface area contributed by atoms with Crippen LogP contribution in [0.25, 0.3) is 61.0 Å². The number of hydrogen-bond donors (Lipinski definition) is 0. The van der Waals surface area contributed by atoms with E-state index in [9.17, 15) is 0 Å². The van der Waals surface area contributed by atoms with Crippen LogP contribution >= 0.6 is 0 Å². The molecule has 0 amide bonds. The van der Waals surface area contributed by atoms with Crippen molar-refractivity contribution in [2.75, 3.05) is 0 Å². The largest absolute Gasteiger partial charge is 0.309 e. The van der Waals surface area contributed by atoms with Crippen molar-refractivity contribution >= 4 is 21.8 Å². The van der Waals surface area contributed by atoms with Gasteiger partial charge in [-0.25, -0.2) is 0 Å². The summed E-state index contributed by atoms with van der Waals surface area (Å²) in [5.74, 6) is 0. The van der Waals surface area contributed by atoms with Crippen LogP contribution in [0.15, 0.2) is 128 Å². The van der Waals surface area contributed by atoms with Gasteiger partial charge in [-0.05, 0) is 69.9 Å². The van der Waals surface area contributed by atoms with Gasteiger partial charge in [0.05, 0.1) is 16.7 Å². The molecule has 2 aromatic heterocycles. The van der Waals surface area contributed by atoms with E-state index in [4.69, 9.17) is 0 Å². The van der Waals surface area contributed by atoms with Crippen molar-refractivity contribution in [1.29, 1.82) is 0 Å². The van der Waals surface area contributed by atoms with Gasteiger partial charge >= 0.3 is 0 Å². The summed E-state index contributed by atoms with van der Waals surface area (Å²) in [5, 5.41) is 2.56. The third-order valence-corrected chi connectivity index (χ3v) is 8.54. The molecule has 5 aromatic carbocycles. The van der Waals surface area contributed by atoms with Crippen molar-refractivity contribution in [3.8, 4) is 39.2 Å². The second kappa shape index (κ2) is 9.66. The second-order valence-corrected chi connectivity index (χ2v) is 11.2. The van der Waals surface area contributed by atoms with Gasteiger partial charge in [0, 0.05) is 42.5 Å². The van der Waals surface area contributed by atoms with Gasteiger partial charge in [0.25, 0.3) is 0 Å². The van der Waals surface area contributed by atoms with Crippen LogP contribution in [-0.4, -0.2) is 9.55 Å². The normalized spacial score (nSPS) is 13.1. The van der Waals surface area contributed by atoms with Crippen LogP contribution in [0, 0.1) is 6.07 Å². The molecule has 3 heterocycles. The molecule has 0 saturated carbocycles. The third kappa shape index (κ3) is 3.92. The van der Waals surface area contributed by atoms with Gasteiger partial charge in [-0.2, -0.15) is 0 Å². The van der Waals surface area contributed by atoms with Crippen LogP contribution in [0.5, 0.6) is 0 Å². The van der Waals surface area contributed by atoms with E-state index >= 15 is 0 Å². The van der Waals surface area contributed by atoms with Gasteiger partial charge in [0.1, 0.15) is 0 Å². The summed E-state index contributed by atoms with van der Waals surface area (Å²) in [5.41, 5.74) is 13.2.